The summed E-state index contributed by atoms with van der Waals surface area (Å²) >= 11 is 11.2. The van der Waals surface area contributed by atoms with Crippen LogP contribution in [0.3, 0.4) is 0 Å². The summed E-state index contributed by atoms with van der Waals surface area (Å²) in [6.07, 6.45) is 0. The topological polar surface area (TPSA) is 57.6 Å². The fourth-order valence-corrected chi connectivity index (χ4v) is 3.55. The van der Waals surface area contributed by atoms with Gasteiger partial charge < -0.3 is 5.11 Å². The van der Waals surface area contributed by atoms with E-state index < -0.39 is 26.5 Å². The van der Waals surface area contributed by atoms with Crippen molar-refractivity contribution in [1.82, 2.24) is 4.31 Å². The number of benzene rings is 1. The first-order valence-electron chi connectivity index (χ1n) is 5.29. The molecule has 19 heavy (non-hydrogen) atoms. The average Bonchev–Trinajstić information content (AvgIpc) is 2.23. The molecule has 0 saturated heterocycles. The Hall–Kier alpha value is -0.400. The fraction of sp³-hybridized carbons (Fsp3) is 0.455. The van der Waals surface area contributed by atoms with Gasteiger partial charge in [-0.05, 0) is 26.0 Å². The minimum atomic E-state index is -4.00. The van der Waals surface area contributed by atoms with Crippen LogP contribution in [0.1, 0.15) is 13.8 Å². The third-order valence-corrected chi connectivity index (χ3v) is 4.92. The number of hydrogen-bond donors (Lipinski definition) is 1. The van der Waals surface area contributed by atoms with Crippen molar-refractivity contribution in [2.45, 2.75) is 24.3 Å². The first-order valence-corrected chi connectivity index (χ1v) is 7.48. The molecule has 0 bridgehead atoms. The Balaban J connectivity index is 3.25. The molecule has 0 amide bonds. The molecule has 1 aromatic rings. The lowest BCUT2D eigenvalue weighted by Gasteiger charge is -2.25. The van der Waals surface area contributed by atoms with Gasteiger partial charge in [0.1, 0.15) is 4.90 Å². The number of sulfonamides is 1. The lowest BCUT2D eigenvalue weighted by molar-refractivity contribution is 0.0640. The summed E-state index contributed by atoms with van der Waals surface area (Å²) in [5.74, 6) is -0.985. The lowest BCUT2D eigenvalue weighted by atomic mass is 10.1. The largest absolute Gasteiger partial charge is 0.389 e. The third kappa shape index (κ3) is 3.79. The van der Waals surface area contributed by atoms with Crippen molar-refractivity contribution < 1.29 is 17.9 Å². The van der Waals surface area contributed by atoms with E-state index in [4.69, 9.17) is 23.2 Å². The van der Waals surface area contributed by atoms with E-state index in [9.17, 15) is 17.9 Å². The molecule has 0 fully saturated rings. The zero-order valence-electron chi connectivity index (χ0n) is 10.6. The zero-order valence-corrected chi connectivity index (χ0v) is 12.9. The van der Waals surface area contributed by atoms with Gasteiger partial charge in [-0.3, -0.25) is 0 Å². The van der Waals surface area contributed by atoms with E-state index in [-0.39, 0.29) is 16.5 Å². The quantitative estimate of drug-likeness (QED) is 0.863. The summed E-state index contributed by atoms with van der Waals surface area (Å²) in [6, 6.07) is 2.25. The molecule has 4 nitrogen and oxygen atoms in total. The second-order valence-electron chi connectivity index (χ2n) is 4.75. The van der Waals surface area contributed by atoms with Gasteiger partial charge in [-0.15, -0.1) is 0 Å². The normalized spacial score (nSPS) is 13.1. The molecule has 0 heterocycles. The molecule has 1 aromatic carbocycles. The second-order valence-corrected chi connectivity index (χ2v) is 7.55. The monoisotopic (exact) mass is 329 g/mol. The van der Waals surface area contributed by atoms with Crippen LogP contribution in [0.25, 0.3) is 0 Å². The predicted octanol–water partition coefficient (Wildman–Crippen LogP) is 2.52. The van der Waals surface area contributed by atoms with E-state index in [0.29, 0.717) is 0 Å². The number of nitrogens with zero attached hydrogens (tertiary/aromatic N) is 1. The van der Waals surface area contributed by atoms with Crippen LogP contribution in [0.4, 0.5) is 4.39 Å². The fourth-order valence-electron chi connectivity index (χ4n) is 1.51. The van der Waals surface area contributed by atoms with Crippen LogP contribution in [-0.2, 0) is 10.0 Å². The van der Waals surface area contributed by atoms with E-state index in [1.165, 1.54) is 20.9 Å². The van der Waals surface area contributed by atoms with Crippen molar-refractivity contribution in [3.8, 4) is 0 Å². The minimum absolute atomic E-state index is 0.157. The van der Waals surface area contributed by atoms with Gasteiger partial charge in [0.05, 0.1) is 15.6 Å². The number of halogens is 3. The standard InChI is InChI=1S/C11H14Cl2FNO3S/c1-11(2,16)6-15(3)19(17,18)8-5-4-7(12)10(14)9(8)13/h4-5,16H,6H2,1-3H3. The Morgan fingerprint density at radius 2 is 1.89 bits per heavy atom. The maximum atomic E-state index is 13.5. The Morgan fingerprint density at radius 1 is 1.37 bits per heavy atom. The summed E-state index contributed by atoms with van der Waals surface area (Å²) in [5.41, 5.74) is -1.22. The smallest absolute Gasteiger partial charge is 0.244 e. The lowest BCUT2D eigenvalue weighted by Crippen LogP contribution is -2.39. The van der Waals surface area contributed by atoms with E-state index in [1.54, 1.807) is 0 Å². The van der Waals surface area contributed by atoms with Crippen molar-refractivity contribution in [2.75, 3.05) is 13.6 Å². The van der Waals surface area contributed by atoms with Crippen molar-refractivity contribution in [3.05, 3.63) is 28.0 Å². The average molecular weight is 330 g/mol. The molecule has 108 valence electrons. The predicted molar refractivity (Wildman–Crippen MR) is 72.5 cm³/mol. The van der Waals surface area contributed by atoms with Gasteiger partial charge in [0, 0.05) is 13.6 Å². The van der Waals surface area contributed by atoms with Gasteiger partial charge in [0.25, 0.3) is 0 Å². The molecule has 1 rings (SSSR count). The second kappa shape index (κ2) is 5.54. The van der Waals surface area contributed by atoms with Gasteiger partial charge in [0.2, 0.25) is 10.0 Å². The molecular formula is C11H14Cl2FNO3S. The van der Waals surface area contributed by atoms with Crippen LogP contribution in [0, 0.1) is 5.82 Å². The van der Waals surface area contributed by atoms with Crippen LogP contribution in [0.5, 0.6) is 0 Å². The molecular weight excluding hydrogens is 316 g/mol. The molecule has 0 atom stereocenters. The SMILES string of the molecule is CN(CC(C)(C)O)S(=O)(=O)c1ccc(Cl)c(F)c1Cl. The molecule has 8 heteroatoms. The highest BCUT2D eigenvalue weighted by atomic mass is 35.5. The molecule has 0 aromatic heterocycles. The van der Waals surface area contributed by atoms with E-state index in [2.05, 4.69) is 0 Å². The summed E-state index contributed by atoms with van der Waals surface area (Å²) in [7, 11) is -2.73. The van der Waals surface area contributed by atoms with Gasteiger partial charge in [-0.25, -0.2) is 12.8 Å². The Labute approximate surface area is 121 Å². The molecule has 0 spiro atoms. The third-order valence-electron chi connectivity index (χ3n) is 2.30. The Kier molecular flexibility index (Phi) is 4.85. The Bertz CT molecular complexity index is 584. The Morgan fingerprint density at radius 3 is 2.37 bits per heavy atom. The summed E-state index contributed by atoms with van der Waals surface area (Å²) in [6.45, 7) is 2.77. The molecule has 0 aliphatic rings. The van der Waals surface area contributed by atoms with Crippen LogP contribution >= 0.6 is 23.2 Å². The van der Waals surface area contributed by atoms with Crippen LogP contribution in [-0.4, -0.2) is 37.0 Å². The molecule has 0 saturated carbocycles. The molecule has 0 radical (unpaired) electrons. The molecule has 0 aliphatic heterocycles. The van der Waals surface area contributed by atoms with Gasteiger partial charge in [-0.1, -0.05) is 23.2 Å². The van der Waals surface area contributed by atoms with Crippen LogP contribution in [0.15, 0.2) is 17.0 Å². The van der Waals surface area contributed by atoms with Crippen LogP contribution < -0.4 is 0 Å². The van der Waals surface area contributed by atoms with Crippen molar-refractivity contribution in [1.29, 1.82) is 0 Å². The maximum absolute atomic E-state index is 13.5. The van der Waals surface area contributed by atoms with E-state index in [1.807, 2.05) is 0 Å². The molecule has 0 aliphatic carbocycles. The summed E-state index contributed by atoms with van der Waals surface area (Å²) < 4.78 is 38.9. The summed E-state index contributed by atoms with van der Waals surface area (Å²) in [4.78, 5) is -0.386. The number of aliphatic hydroxyl groups is 1. The van der Waals surface area contributed by atoms with E-state index in [0.717, 1.165) is 16.4 Å². The zero-order chi connectivity index (χ0) is 15.0. The summed E-state index contributed by atoms with van der Waals surface area (Å²) in [5, 5.41) is 8.82. The van der Waals surface area contributed by atoms with E-state index >= 15 is 0 Å². The van der Waals surface area contributed by atoms with Crippen LogP contribution in [0.2, 0.25) is 10.0 Å². The molecule has 0 unspecified atom stereocenters. The first-order chi connectivity index (χ1) is 8.47. The van der Waals surface area contributed by atoms with Crippen molar-refractivity contribution >= 4 is 33.2 Å². The first kappa shape index (κ1) is 16.7. The van der Waals surface area contributed by atoms with Gasteiger partial charge in [0.15, 0.2) is 5.82 Å². The highest BCUT2D eigenvalue weighted by molar-refractivity contribution is 7.89. The van der Waals surface area contributed by atoms with Gasteiger partial charge in [-0.2, -0.15) is 4.31 Å². The number of rotatable bonds is 4. The number of hydrogen-bond acceptors (Lipinski definition) is 3. The highest BCUT2D eigenvalue weighted by Gasteiger charge is 2.29. The maximum Gasteiger partial charge on any atom is 0.244 e. The molecule has 1 N–H and O–H groups in total. The minimum Gasteiger partial charge on any atom is -0.389 e. The van der Waals surface area contributed by atoms with Crippen molar-refractivity contribution in [2.24, 2.45) is 0 Å². The highest BCUT2D eigenvalue weighted by Crippen LogP contribution is 2.31. The number of likely N-dealkylation sites (N-methyl/N-ethyl adjacent to an activating group) is 1. The van der Waals surface area contributed by atoms with Gasteiger partial charge >= 0.3 is 0 Å². The van der Waals surface area contributed by atoms with Crippen molar-refractivity contribution in [3.63, 3.8) is 0 Å².